The third-order valence-corrected chi connectivity index (χ3v) is 8.07. The van der Waals surface area contributed by atoms with Crippen LogP contribution in [0.2, 0.25) is 0 Å². The number of sulfonamides is 1. The summed E-state index contributed by atoms with van der Waals surface area (Å²) in [6.45, 7) is 11.3. The zero-order chi connectivity index (χ0) is 22.1. The average Bonchev–Trinajstić information content (AvgIpc) is 2.71. The van der Waals surface area contributed by atoms with Crippen LogP contribution in [0.1, 0.15) is 65.3 Å². The van der Waals surface area contributed by atoms with E-state index in [1.807, 2.05) is 13.8 Å². The number of rotatable bonds is 5. The third kappa shape index (κ3) is 4.76. The summed E-state index contributed by atoms with van der Waals surface area (Å²) in [5.74, 6) is 0.272. The van der Waals surface area contributed by atoms with Gasteiger partial charge in [-0.3, -0.25) is 4.79 Å². The zero-order valence-corrected chi connectivity index (χ0v) is 19.3. The van der Waals surface area contributed by atoms with E-state index >= 15 is 0 Å². The molecule has 1 amide bonds. The molecule has 1 fully saturated rings. The summed E-state index contributed by atoms with van der Waals surface area (Å²) in [6.07, 6.45) is 1.73. The van der Waals surface area contributed by atoms with Crippen LogP contribution < -0.4 is 5.32 Å². The Kier molecular flexibility index (Phi) is 6.68. The SMILES string of the molecule is Cc1cc(C)c([C@H](C)NC(=O)c2cccc(S(=O)(=O)N3CCC(C)CC3)c2)cc1C. The molecule has 6 heteroatoms. The maximum atomic E-state index is 13.0. The predicted molar refractivity (Wildman–Crippen MR) is 120 cm³/mol. The summed E-state index contributed by atoms with van der Waals surface area (Å²) in [5.41, 5.74) is 4.95. The molecular formula is C24H32N2O3S. The van der Waals surface area contributed by atoms with Crippen LogP contribution in [0.4, 0.5) is 0 Å². The van der Waals surface area contributed by atoms with Crippen LogP contribution in [0.15, 0.2) is 41.3 Å². The molecule has 1 aliphatic heterocycles. The standard InChI is InChI=1S/C24H32N2O3S/c1-16-9-11-26(12-10-16)30(28,29)22-8-6-7-21(15-22)24(27)25-20(5)23-14-18(3)17(2)13-19(23)4/h6-8,13-16,20H,9-12H2,1-5H3,(H,25,27)/t20-/m0/s1. The van der Waals surface area contributed by atoms with Gasteiger partial charge in [0.15, 0.2) is 0 Å². The van der Waals surface area contributed by atoms with E-state index in [4.69, 9.17) is 0 Å². The first-order valence-corrected chi connectivity index (χ1v) is 12.0. The highest BCUT2D eigenvalue weighted by molar-refractivity contribution is 7.89. The number of nitrogens with zero attached hydrogens (tertiary/aromatic N) is 1. The normalized spacial score (nSPS) is 17.0. The Morgan fingerprint density at radius 3 is 2.33 bits per heavy atom. The summed E-state index contributed by atoms with van der Waals surface area (Å²) in [4.78, 5) is 13.1. The molecule has 0 aromatic heterocycles. The lowest BCUT2D eigenvalue weighted by Gasteiger charge is -2.29. The smallest absolute Gasteiger partial charge is 0.251 e. The molecule has 162 valence electrons. The van der Waals surface area contributed by atoms with Gasteiger partial charge in [-0.15, -0.1) is 0 Å². The Hall–Kier alpha value is -2.18. The Morgan fingerprint density at radius 2 is 1.67 bits per heavy atom. The molecule has 3 rings (SSSR count). The molecule has 0 bridgehead atoms. The molecule has 2 aromatic rings. The fourth-order valence-electron chi connectivity index (χ4n) is 3.98. The summed E-state index contributed by atoms with van der Waals surface area (Å²) in [6, 6.07) is 10.4. The molecule has 1 aliphatic rings. The molecule has 0 saturated carbocycles. The zero-order valence-electron chi connectivity index (χ0n) is 18.5. The van der Waals surface area contributed by atoms with Crippen molar-refractivity contribution in [2.45, 2.75) is 58.4 Å². The van der Waals surface area contributed by atoms with Crippen molar-refractivity contribution in [3.63, 3.8) is 0 Å². The second-order valence-electron chi connectivity index (χ2n) is 8.60. The van der Waals surface area contributed by atoms with Crippen molar-refractivity contribution in [3.8, 4) is 0 Å². The lowest BCUT2D eigenvalue weighted by Crippen LogP contribution is -2.38. The molecule has 30 heavy (non-hydrogen) atoms. The Balaban J connectivity index is 1.78. The molecule has 5 nitrogen and oxygen atoms in total. The first kappa shape index (κ1) is 22.5. The topological polar surface area (TPSA) is 66.5 Å². The maximum absolute atomic E-state index is 13.0. The van der Waals surface area contributed by atoms with Gasteiger partial charge in [0.2, 0.25) is 10.0 Å². The quantitative estimate of drug-likeness (QED) is 0.761. The van der Waals surface area contributed by atoms with Gasteiger partial charge in [0.05, 0.1) is 10.9 Å². The number of nitrogens with one attached hydrogen (secondary N) is 1. The lowest BCUT2D eigenvalue weighted by molar-refractivity contribution is 0.0939. The molecule has 0 aliphatic carbocycles. The second-order valence-corrected chi connectivity index (χ2v) is 10.5. The number of piperidine rings is 1. The van der Waals surface area contributed by atoms with Crippen LogP contribution in [-0.4, -0.2) is 31.7 Å². The first-order chi connectivity index (χ1) is 14.1. The number of aryl methyl sites for hydroxylation is 3. The average molecular weight is 429 g/mol. The molecule has 0 unspecified atom stereocenters. The van der Waals surface area contributed by atoms with Crippen LogP contribution in [0, 0.1) is 26.7 Å². The van der Waals surface area contributed by atoms with Crippen molar-refractivity contribution in [1.29, 1.82) is 0 Å². The Morgan fingerprint density at radius 1 is 1.03 bits per heavy atom. The highest BCUT2D eigenvalue weighted by atomic mass is 32.2. The van der Waals surface area contributed by atoms with E-state index in [1.54, 1.807) is 18.2 Å². The summed E-state index contributed by atoms with van der Waals surface area (Å²) in [7, 11) is -3.59. The number of hydrogen-bond acceptors (Lipinski definition) is 3. The lowest BCUT2D eigenvalue weighted by atomic mass is 9.96. The second kappa shape index (κ2) is 8.90. The van der Waals surface area contributed by atoms with Crippen LogP contribution in [0.5, 0.6) is 0 Å². The minimum Gasteiger partial charge on any atom is -0.346 e. The summed E-state index contributed by atoms with van der Waals surface area (Å²) < 4.78 is 27.6. The number of amides is 1. The van der Waals surface area contributed by atoms with E-state index in [1.165, 1.54) is 21.5 Å². The van der Waals surface area contributed by atoms with E-state index in [0.717, 1.165) is 24.0 Å². The maximum Gasteiger partial charge on any atom is 0.251 e. The minimum atomic E-state index is -3.59. The number of carbonyl (C=O) groups excluding carboxylic acids is 1. The van der Waals surface area contributed by atoms with Gasteiger partial charge < -0.3 is 5.32 Å². The van der Waals surface area contributed by atoms with Crippen molar-refractivity contribution in [2.75, 3.05) is 13.1 Å². The fourth-order valence-corrected chi connectivity index (χ4v) is 5.50. The van der Waals surface area contributed by atoms with Crippen LogP contribution >= 0.6 is 0 Å². The highest BCUT2D eigenvalue weighted by Crippen LogP contribution is 2.25. The van der Waals surface area contributed by atoms with Crippen molar-refractivity contribution >= 4 is 15.9 Å². The monoisotopic (exact) mass is 428 g/mol. The first-order valence-electron chi connectivity index (χ1n) is 10.6. The van der Waals surface area contributed by atoms with Crippen molar-refractivity contribution < 1.29 is 13.2 Å². The molecule has 1 atom stereocenters. The van der Waals surface area contributed by atoms with Crippen molar-refractivity contribution in [1.82, 2.24) is 9.62 Å². The van der Waals surface area contributed by atoms with Gasteiger partial charge in [0.25, 0.3) is 5.91 Å². The van der Waals surface area contributed by atoms with Gasteiger partial charge in [-0.05, 0) is 86.9 Å². The van der Waals surface area contributed by atoms with Gasteiger partial charge >= 0.3 is 0 Å². The van der Waals surface area contributed by atoms with Gasteiger partial charge in [-0.1, -0.05) is 25.1 Å². The van der Waals surface area contributed by atoms with Gasteiger partial charge in [-0.25, -0.2) is 8.42 Å². The number of benzene rings is 2. The molecule has 0 spiro atoms. The molecule has 2 aromatic carbocycles. The van der Waals surface area contributed by atoms with Gasteiger partial charge in [-0.2, -0.15) is 4.31 Å². The van der Waals surface area contributed by atoms with Gasteiger partial charge in [0.1, 0.15) is 0 Å². The largest absolute Gasteiger partial charge is 0.346 e. The highest BCUT2D eigenvalue weighted by Gasteiger charge is 2.28. The molecule has 1 saturated heterocycles. The molecule has 1 heterocycles. The summed E-state index contributed by atoms with van der Waals surface area (Å²) >= 11 is 0. The Labute approximate surface area is 180 Å². The van der Waals surface area contributed by atoms with E-state index in [9.17, 15) is 13.2 Å². The van der Waals surface area contributed by atoms with Crippen molar-refractivity contribution in [3.05, 3.63) is 64.2 Å². The molecule has 1 N–H and O–H groups in total. The third-order valence-electron chi connectivity index (χ3n) is 6.17. The minimum absolute atomic E-state index is 0.180. The fraction of sp³-hybridized carbons (Fsp3) is 0.458. The van der Waals surface area contributed by atoms with Crippen LogP contribution in [0.3, 0.4) is 0 Å². The molecular weight excluding hydrogens is 396 g/mol. The van der Waals surface area contributed by atoms with Crippen molar-refractivity contribution in [2.24, 2.45) is 5.92 Å². The number of hydrogen-bond donors (Lipinski definition) is 1. The van der Waals surface area contributed by atoms with Gasteiger partial charge in [0, 0.05) is 18.7 Å². The summed E-state index contributed by atoms with van der Waals surface area (Å²) in [5, 5.41) is 3.02. The van der Waals surface area contributed by atoms with E-state index in [-0.39, 0.29) is 16.8 Å². The molecule has 0 radical (unpaired) electrons. The van der Waals surface area contributed by atoms with E-state index in [2.05, 4.69) is 38.2 Å². The number of carbonyl (C=O) groups is 1. The van der Waals surface area contributed by atoms with E-state index < -0.39 is 10.0 Å². The van der Waals surface area contributed by atoms with E-state index in [0.29, 0.717) is 24.6 Å². The Bertz CT molecular complexity index is 1040. The van der Waals surface area contributed by atoms with Crippen LogP contribution in [0.25, 0.3) is 0 Å². The predicted octanol–water partition coefficient (Wildman–Crippen LogP) is 4.52. The van der Waals surface area contributed by atoms with Crippen LogP contribution in [-0.2, 0) is 10.0 Å².